The van der Waals surface area contributed by atoms with Crippen molar-refractivity contribution in [2.75, 3.05) is 0 Å². The van der Waals surface area contributed by atoms with Gasteiger partial charge in [-0.2, -0.15) is 0 Å². The maximum absolute atomic E-state index is 10.9. The van der Waals surface area contributed by atoms with Crippen molar-refractivity contribution >= 4 is 49.9 Å². The Kier molecular flexibility index (Phi) is 10.2. The van der Waals surface area contributed by atoms with Crippen LogP contribution in [0.25, 0.3) is 28.3 Å². The Morgan fingerprint density at radius 3 is 1.44 bits per heavy atom. The van der Waals surface area contributed by atoms with Crippen LogP contribution in [-0.4, -0.2) is 27.0 Å². The molecule has 4 rings (SSSR count). The Bertz CT molecular complexity index is 1290. The van der Waals surface area contributed by atoms with Crippen molar-refractivity contribution in [2.45, 2.75) is 9.65 Å². The summed E-state index contributed by atoms with van der Waals surface area (Å²) >= 11 is 6.57. The number of hydrogen-bond acceptors (Lipinski definition) is 2. The number of rotatable bonds is 7. The second kappa shape index (κ2) is 13.6. The lowest BCUT2D eigenvalue weighted by molar-refractivity contribution is -0.136. The van der Waals surface area contributed by atoms with Crippen molar-refractivity contribution in [1.82, 2.24) is 0 Å². The third-order valence-electron chi connectivity index (χ3n) is 5.27. The zero-order valence-electron chi connectivity index (χ0n) is 19.2. The lowest BCUT2D eigenvalue weighted by atomic mass is 10.0. The standard InChI is InChI=1S/C15H12Br2O2.C15H12O2/c16-13(14(17)15(18)19)12-8-6-11(7-9-12)10-4-2-1-3-5-10;16-15(17)11-8-12-6-9-14(10-7-12)13-4-2-1-3-5-13/h1-9,13-14H,(H,18,19);1-11H,(H,16,17)/b;11-8+. The van der Waals surface area contributed by atoms with E-state index in [9.17, 15) is 9.59 Å². The average Bonchev–Trinajstić information content (AvgIpc) is 2.92. The van der Waals surface area contributed by atoms with Crippen LogP contribution in [0.5, 0.6) is 0 Å². The van der Waals surface area contributed by atoms with Crippen molar-refractivity contribution in [3.05, 3.63) is 126 Å². The van der Waals surface area contributed by atoms with Crippen LogP contribution in [0.4, 0.5) is 0 Å². The summed E-state index contributed by atoms with van der Waals surface area (Å²) in [6, 6.07) is 35.8. The highest BCUT2D eigenvalue weighted by atomic mass is 79.9. The number of carboxylic acid groups (broad SMARTS) is 2. The van der Waals surface area contributed by atoms with Gasteiger partial charge >= 0.3 is 11.9 Å². The largest absolute Gasteiger partial charge is 0.480 e. The van der Waals surface area contributed by atoms with Crippen LogP contribution in [0.1, 0.15) is 16.0 Å². The van der Waals surface area contributed by atoms with E-state index in [4.69, 9.17) is 10.2 Å². The number of hydrogen-bond donors (Lipinski definition) is 2. The molecule has 0 heterocycles. The van der Waals surface area contributed by atoms with Gasteiger partial charge in [-0.3, -0.25) is 4.79 Å². The van der Waals surface area contributed by atoms with Crippen LogP contribution in [0.15, 0.2) is 115 Å². The molecule has 4 aromatic rings. The van der Waals surface area contributed by atoms with Crippen molar-refractivity contribution < 1.29 is 19.8 Å². The number of halogens is 2. The molecular weight excluding hydrogens is 584 g/mol. The normalized spacial score (nSPS) is 12.3. The molecule has 0 aliphatic carbocycles. The predicted octanol–water partition coefficient (Wildman–Crippen LogP) is 8.09. The van der Waals surface area contributed by atoms with Crippen molar-refractivity contribution in [1.29, 1.82) is 0 Å². The molecule has 0 bridgehead atoms. The van der Waals surface area contributed by atoms with Crippen LogP contribution in [0.3, 0.4) is 0 Å². The Labute approximate surface area is 227 Å². The van der Waals surface area contributed by atoms with Gasteiger partial charge in [-0.25, -0.2) is 4.79 Å². The van der Waals surface area contributed by atoms with Crippen LogP contribution in [0, 0.1) is 0 Å². The maximum Gasteiger partial charge on any atom is 0.328 e. The molecule has 0 fully saturated rings. The van der Waals surface area contributed by atoms with Gasteiger partial charge in [-0.1, -0.05) is 141 Å². The van der Waals surface area contributed by atoms with Gasteiger partial charge < -0.3 is 10.2 Å². The third-order valence-corrected chi connectivity index (χ3v) is 7.95. The molecule has 182 valence electrons. The summed E-state index contributed by atoms with van der Waals surface area (Å²) in [5.41, 5.74) is 6.36. The first-order valence-corrected chi connectivity index (χ1v) is 12.9. The molecule has 4 nitrogen and oxygen atoms in total. The highest BCUT2D eigenvalue weighted by Crippen LogP contribution is 2.32. The Hall–Kier alpha value is -3.48. The summed E-state index contributed by atoms with van der Waals surface area (Å²) in [6.07, 6.45) is 2.72. The van der Waals surface area contributed by atoms with E-state index in [1.165, 1.54) is 0 Å². The van der Waals surface area contributed by atoms with Gasteiger partial charge in [-0.05, 0) is 39.5 Å². The molecule has 0 saturated carbocycles. The van der Waals surface area contributed by atoms with Gasteiger partial charge in [0.2, 0.25) is 0 Å². The summed E-state index contributed by atoms with van der Waals surface area (Å²) in [4.78, 5) is 20.4. The topological polar surface area (TPSA) is 74.6 Å². The number of carbonyl (C=O) groups is 2. The zero-order valence-corrected chi connectivity index (χ0v) is 22.3. The molecule has 2 unspecified atom stereocenters. The second-order valence-corrected chi connectivity index (χ2v) is 9.76. The molecule has 0 amide bonds. The minimum atomic E-state index is -0.933. The molecule has 6 heteroatoms. The third kappa shape index (κ3) is 8.04. The van der Waals surface area contributed by atoms with Crippen molar-refractivity contribution in [3.63, 3.8) is 0 Å². The average molecular weight is 608 g/mol. The van der Waals surface area contributed by atoms with Gasteiger partial charge in [0.1, 0.15) is 4.83 Å². The van der Waals surface area contributed by atoms with Crippen molar-refractivity contribution in [2.24, 2.45) is 0 Å². The smallest absolute Gasteiger partial charge is 0.328 e. The predicted molar refractivity (Wildman–Crippen MR) is 152 cm³/mol. The number of alkyl halides is 2. The molecule has 0 aliphatic rings. The van der Waals surface area contributed by atoms with Gasteiger partial charge in [0, 0.05) is 6.08 Å². The van der Waals surface area contributed by atoms with Crippen molar-refractivity contribution in [3.8, 4) is 22.3 Å². The summed E-state index contributed by atoms with van der Waals surface area (Å²) in [7, 11) is 0. The summed E-state index contributed by atoms with van der Waals surface area (Å²) in [5.74, 6) is -1.81. The number of carboxylic acids is 2. The molecule has 0 spiro atoms. The van der Waals surface area contributed by atoms with E-state index in [-0.39, 0.29) is 4.83 Å². The molecule has 0 aliphatic heterocycles. The van der Waals surface area contributed by atoms with E-state index in [1.54, 1.807) is 6.08 Å². The fourth-order valence-corrected chi connectivity index (χ4v) is 4.21. The Balaban J connectivity index is 0.000000202. The molecule has 2 atom stereocenters. The van der Waals surface area contributed by atoms with Crippen LogP contribution in [-0.2, 0) is 9.59 Å². The Morgan fingerprint density at radius 1 is 0.611 bits per heavy atom. The molecule has 36 heavy (non-hydrogen) atoms. The lowest BCUT2D eigenvalue weighted by Gasteiger charge is -2.13. The van der Waals surface area contributed by atoms with Crippen LogP contribution >= 0.6 is 31.9 Å². The van der Waals surface area contributed by atoms with E-state index in [0.717, 1.165) is 39.5 Å². The van der Waals surface area contributed by atoms with Gasteiger partial charge in [0.25, 0.3) is 0 Å². The van der Waals surface area contributed by atoms with Crippen LogP contribution in [0.2, 0.25) is 0 Å². The fourth-order valence-electron chi connectivity index (χ4n) is 3.37. The molecule has 4 aromatic carbocycles. The first-order valence-electron chi connectivity index (χ1n) is 11.1. The summed E-state index contributed by atoms with van der Waals surface area (Å²) < 4.78 is 0. The summed E-state index contributed by atoms with van der Waals surface area (Å²) in [6.45, 7) is 0. The van der Waals surface area contributed by atoms with Gasteiger partial charge in [0.05, 0.1) is 4.83 Å². The molecule has 0 radical (unpaired) electrons. The molecule has 2 N–H and O–H groups in total. The Morgan fingerprint density at radius 2 is 1.03 bits per heavy atom. The van der Waals surface area contributed by atoms with E-state index in [1.807, 2.05) is 109 Å². The lowest BCUT2D eigenvalue weighted by Crippen LogP contribution is -2.17. The SMILES string of the molecule is O=C(O)/C=C/c1ccc(-c2ccccc2)cc1.O=C(O)C(Br)C(Br)c1ccc(-c2ccccc2)cc1. The monoisotopic (exact) mass is 606 g/mol. The first kappa shape index (κ1) is 27.1. The van der Waals surface area contributed by atoms with Crippen LogP contribution < -0.4 is 0 Å². The van der Waals surface area contributed by atoms with Gasteiger partial charge in [-0.15, -0.1) is 0 Å². The van der Waals surface area contributed by atoms with E-state index in [2.05, 4.69) is 31.9 Å². The molecular formula is C30H24Br2O4. The minimum absolute atomic E-state index is 0.255. The maximum atomic E-state index is 10.9. The van der Waals surface area contributed by atoms with E-state index >= 15 is 0 Å². The quantitative estimate of drug-likeness (QED) is 0.164. The zero-order chi connectivity index (χ0) is 25.9. The van der Waals surface area contributed by atoms with E-state index < -0.39 is 16.8 Å². The van der Waals surface area contributed by atoms with Gasteiger partial charge in [0.15, 0.2) is 0 Å². The van der Waals surface area contributed by atoms with E-state index in [0.29, 0.717) is 0 Å². The highest BCUT2D eigenvalue weighted by Gasteiger charge is 2.24. The number of benzene rings is 4. The first-order chi connectivity index (χ1) is 17.3. The second-order valence-electron chi connectivity index (χ2n) is 7.79. The molecule has 0 saturated heterocycles. The molecule has 0 aromatic heterocycles. The minimum Gasteiger partial charge on any atom is -0.480 e. The number of aliphatic carboxylic acids is 2. The fraction of sp³-hybridized carbons (Fsp3) is 0.0667. The highest BCUT2D eigenvalue weighted by molar-refractivity contribution is 9.12. The summed E-state index contributed by atoms with van der Waals surface area (Å²) in [5, 5.41) is 17.5.